The zero-order valence-electron chi connectivity index (χ0n) is 17.8. The van der Waals surface area contributed by atoms with E-state index < -0.39 is 18.4 Å². The van der Waals surface area contributed by atoms with Crippen LogP contribution in [0.3, 0.4) is 0 Å². The molecule has 1 aromatic heterocycles. The number of aromatic nitrogens is 2. The first kappa shape index (κ1) is 21.4. The van der Waals surface area contributed by atoms with E-state index in [0.29, 0.717) is 15.7 Å². The van der Waals surface area contributed by atoms with Crippen molar-refractivity contribution in [1.82, 2.24) is 9.97 Å². The third-order valence-electron chi connectivity index (χ3n) is 6.69. The SMILES string of the molecule is CC(=O)N1CC(F)(F)c2c(Sc3ncc(N4CCC5(CCOC5)CC4)nc3N)cccc21. The van der Waals surface area contributed by atoms with Crippen molar-refractivity contribution in [2.45, 2.75) is 42.0 Å². The predicted octanol–water partition coefficient (Wildman–Crippen LogP) is 3.68. The zero-order valence-corrected chi connectivity index (χ0v) is 18.6. The van der Waals surface area contributed by atoms with Crippen molar-refractivity contribution in [3.8, 4) is 0 Å². The molecule has 0 radical (unpaired) electrons. The van der Waals surface area contributed by atoms with E-state index in [-0.39, 0.29) is 22.5 Å². The molecule has 5 rings (SSSR count). The molecule has 0 aliphatic carbocycles. The molecule has 2 aromatic rings. The number of benzene rings is 1. The molecule has 3 aliphatic heterocycles. The number of nitrogens with two attached hydrogens (primary N) is 1. The highest BCUT2D eigenvalue weighted by molar-refractivity contribution is 7.99. The first-order valence-electron chi connectivity index (χ1n) is 10.7. The van der Waals surface area contributed by atoms with Crippen LogP contribution in [0.5, 0.6) is 0 Å². The first-order chi connectivity index (χ1) is 15.3. The Morgan fingerprint density at radius 2 is 2.03 bits per heavy atom. The molecule has 2 N–H and O–H groups in total. The van der Waals surface area contributed by atoms with E-state index in [1.807, 2.05) is 0 Å². The van der Waals surface area contributed by atoms with Crippen LogP contribution in [0.25, 0.3) is 0 Å². The van der Waals surface area contributed by atoms with Crippen LogP contribution < -0.4 is 15.5 Å². The minimum absolute atomic E-state index is 0.161. The van der Waals surface area contributed by atoms with Gasteiger partial charge in [-0.25, -0.2) is 9.97 Å². The second-order valence-corrected chi connectivity index (χ2v) is 9.80. The summed E-state index contributed by atoms with van der Waals surface area (Å²) in [6.45, 7) is 4.03. The summed E-state index contributed by atoms with van der Waals surface area (Å²) < 4.78 is 35.1. The molecule has 0 unspecified atom stereocenters. The van der Waals surface area contributed by atoms with Crippen LogP contribution in [-0.4, -0.2) is 48.7 Å². The summed E-state index contributed by atoms with van der Waals surface area (Å²) in [4.78, 5) is 24.4. The van der Waals surface area contributed by atoms with Crippen molar-refractivity contribution < 1.29 is 18.3 Å². The maximum atomic E-state index is 14.8. The summed E-state index contributed by atoms with van der Waals surface area (Å²) in [6, 6.07) is 4.80. The Balaban J connectivity index is 1.36. The van der Waals surface area contributed by atoms with E-state index in [9.17, 15) is 13.6 Å². The summed E-state index contributed by atoms with van der Waals surface area (Å²) in [5.41, 5.74) is 6.55. The Morgan fingerprint density at radius 3 is 2.69 bits per heavy atom. The number of hydrogen-bond donors (Lipinski definition) is 1. The second-order valence-electron chi connectivity index (χ2n) is 8.77. The number of rotatable bonds is 3. The summed E-state index contributed by atoms with van der Waals surface area (Å²) in [7, 11) is 0. The van der Waals surface area contributed by atoms with E-state index in [0.717, 1.165) is 62.2 Å². The number of carbonyl (C=O) groups is 1. The second kappa shape index (κ2) is 7.84. The van der Waals surface area contributed by atoms with E-state index in [1.165, 1.54) is 6.92 Å². The van der Waals surface area contributed by atoms with Gasteiger partial charge in [0.15, 0.2) is 5.82 Å². The first-order valence-corrected chi connectivity index (χ1v) is 11.5. The van der Waals surface area contributed by atoms with Gasteiger partial charge in [0.05, 0.1) is 30.6 Å². The number of nitrogen functional groups attached to an aromatic ring is 1. The molecule has 1 aromatic carbocycles. The molecule has 2 saturated heterocycles. The number of piperidine rings is 1. The van der Waals surface area contributed by atoms with Crippen LogP contribution in [0.2, 0.25) is 0 Å². The van der Waals surface area contributed by atoms with Crippen molar-refractivity contribution in [1.29, 1.82) is 0 Å². The molecule has 1 amide bonds. The number of ether oxygens (including phenoxy) is 1. The highest BCUT2D eigenvalue weighted by atomic mass is 32.2. The summed E-state index contributed by atoms with van der Waals surface area (Å²) >= 11 is 1.05. The number of halogens is 2. The standard InChI is InChI=1S/C22H25F2N5O2S/c1-14(30)29-12-22(23,24)18-15(29)3-2-4-16(18)32-20-19(25)27-17(11-26-20)28-8-5-21(6-9-28)7-10-31-13-21/h2-4,11H,5-10,12-13H2,1H3,(H2,25,27). The van der Waals surface area contributed by atoms with Gasteiger partial charge < -0.3 is 20.3 Å². The monoisotopic (exact) mass is 461 g/mol. The van der Waals surface area contributed by atoms with E-state index in [4.69, 9.17) is 10.5 Å². The van der Waals surface area contributed by atoms with Gasteiger partial charge in [-0.05, 0) is 36.8 Å². The zero-order chi connectivity index (χ0) is 22.5. The molecule has 2 fully saturated rings. The Labute approximate surface area is 189 Å². The van der Waals surface area contributed by atoms with Gasteiger partial charge in [0, 0.05) is 31.5 Å². The van der Waals surface area contributed by atoms with Crippen molar-refractivity contribution >= 4 is 35.0 Å². The smallest absolute Gasteiger partial charge is 0.293 e. The van der Waals surface area contributed by atoms with Crippen LogP contribution in [-0.2, 0) is 15.5 Å². The highest BCUT2D eigenvalue weighted by Gasteiger charge is 2.47. The number of anilines is 3. The molecule has 0 atom stereocenters. The number of hydrogen-bond acceptors (Lipinski definition) is 7. The predicted molar refractivity (Wildman–Crippen MR) is 118 cm³/mol. The Bertz CT molecular complexity index is 1050. The molecule has 10 heteroatoms. The molecule has 4 heterocycles. The Hall–Kier alpha value is -2.46. The molecule has 0 saturated carbocycles. The fourth-order valence-electron chi connectivity index (χ4n) is 4.81. The molecule has 0 bridgehead atoms. The lowest BCUT2D eigenvalue weighted by Crippen LogP contribution is -2.41. The lowest BCUT2D eigenvalue weighted by atomic mass is 9.78. The normalized spacial score (nSPS) is 21.2. The minimum Gasteiger partial charge on any atom is -0.381 e. The molecule has 3 aliphatic rings. The van der Waals surface area contributed by atoms with Gasteiger partial charge in [-0.2, -0.15) is 8.78 Å². The van der Waals surface area contributed by atoms with Crippen molar-refractivity contribution in [2.75, 3.05) is 48.4 Å². The van der Waals surface area contributed by atoms with E-state index in [2.05, 4.69) is 14.9 Å². The molecular weight excluding hydrogens is 436 g/mol. The summed E-state index contributed by atoms with van der Waals surface area (Å²) in [5.74, 6) is -2.64. The quantitative estimate of drug-likeness (QED) is 0.747. The molecule has 1 spiro atoms. The van der Waals surface area contributed by atoms with Crippen molar-refractivity contribution in [3.63, 3.8) is 0 Å². The van der Waals surface area contributed by atoms with Gasteiger partial charge in [0.2, 0.25) is 5.91 Å². The van der Waals surface area contributed by atoms with E-state index >= 15 is 0 Å². The topological polar surface area (TPSA) is 84.6 Å². The van der Waals surface area contributed by atoms with Crippen molar-refractivity contribution in [2.24, 2.45) is 5.41 Å². The van der Waals surface area contributed by atoms with Crippen LogP contribution in [0.1, 0.15) is 31.7 Å². The number of amides is 1. The van der Waals surface area contributed by atoms with E-state index in [1.54, 1.807) is 24.4 Å². The van der Waals surface area contributed by atoms with Crippen LogP contribution in [0.4, 0.5) is 26.1 Å². The third-order valence-corrected chi connectivity index (χ3v) is 7.76. The van der Waals surface area contributed by atoms with Gasteiger partial charge >= 0.3 is 0 Å². The van der Waals surface area contributed by atoms with Gasteiger partial charge in [0.25, 0.3) is 5.92 Å². The highest BCUT2D eigenvalue weighted by Crippen LogP contribution is 2.49. The average Bonchev–Trinajstić information content (AvgIpc) is 3.33. The van der Waals surface area contributed by atoms with Crippen molar-refractivity contribution in [3.05, 3.63) is 30.0 Å². The van der Waals surface area contributed by atoms with Crippen LogP contribution in [0, 0.1) is 5.41 Å². The summed E-state index contributed by atoms with van der Waals surface area (Å²) in [5, 5.41) is 0.372. The largest absolute Gasteiger partial charge is 0.381 e. The fraction of sp³-hybridized carbons (Fsp3) is 0.500. The van der Waals surface area contributed by atoms with Gasteiger partial charge in [-0.15, -0.1) is 0 Å². The van der Waals surface area contributed by atoms with Gasteiger partial charge in [0.1, 0.15) is 10.8 Å². The van der Waals surface area contributed by atoms with Gasteiger partial charge in [-0.3, -0.25) is 4.79 Å². The number of nitrogens with zero attached hydrogens (tertiary/aromatic N) is 4. The van der Waals surface area contributed by atoms with Crippen LogP contribution in [0.15, 0.2) is 34.3 Å². The Kier molecular flexibility index (Phi) is 5.24. The molecular formula is C22H25F2N5O2S. The minimum atomic E-state index is -3.14. The van der Waals surface area contributed by atoms with Crippen LogP contribution >= 0.6 is 11.8 Å². The number of alkyl halides is 2. The fourth-order valence-corrected chi connectivity index (χ4v) is 5.78. The molecule has 7 nitrogen and oxygen atoms in total. The lowest BCUT2D eigenvalue weighted by Gasteiger charge is -2.38. The maximum absolute atomic E-state index is 14.8. The number of fused-ring (bicyclic) bond motifs is 1. The lowest BCUT2D eigenvalue weighted by molar-refractivity contribution is -0.117. The molecule has 170 valence electrons. The average molecular weight is 462 g/mol. The maximum Gasteiger partial charge on any atom is 0.293 e. The molecule has 32 heavy (non-hydrogen) atoms. The Morgan fingerprint density at radius 1 is 1.25 bits per heavy atom. The van der Waals surface area contributed by atoms with Gasteiger partial charge in [-0.1, -0.05) is 17.8 Å². The number of carbonyl (C=O) groups excluding carboxylic acids is 1. The summed E-state index contributed by atoms with van der Waals surface area (Å²) in [6.07, 6.45) is 4.86. The third kappa shape index (κ3) is 3.69.